The Labute approximate surface area is 177 Å². The van der Waals surface area contributed by atoms with Crippen LogP contribution in [0.1, 0.15) is 60.5 Å². The fourth-order valence-electron chi connectivity index (χ4n) is 4.31. The normalized spacial score (nSPS) is 17.8. The Hall–Kier alpha value is -2.91. The molecule has 0 radical (unpaired) electrons. The van der Waals surface area contributed by atoms with Gasteiger partial charge in [0.2, 0.25) is 0 Å². The second-order valence-electron chi connectivity index (χ2n) is 8.37. The van der Waals surface area contributed by atoms with Crippen LogP contribution in [0.3, 0.4) is 0 Å². The molecule has 1 N–H and O–H groups in total. The Bertz CT molecular complexity index is 923. The summed E-state index contributed by atoms with van der Waals surface area (Å²) >= 11 is 0. The maximum absolute atomic E-state index is 9.58. The average molecular weight is 405 g/mol. The first kappa shape index (κ1) is 20.4. The van der Waals surface area contributed by atoms with Gasteiger partial charge in [-0.3, -0.25) is 14.9 Å². The minimum Gasteiger partial charge on any atom is -0.513 e. The molecule has 0 amide bonds. The zero-order valence-corrected chi connectivity index (χ0v) is 17.3. The summed E-state index contributed by atoms with van der Waals surface area (Å²) in [6, 6.07) is 8.07. The van der Waals surface area contributed by atoms with Gasteiger partial charge in [-0.15, -0.1) is 0 Å². The van der Waals surface area contributed by atoms with E-state index >= 15 is 0 Å². The Kier molecular flexibility index (Phi) is 6.29. The van der Waals surface area contributed by atoms with Crippen LogP contribution in [0.15, 0.2) is 42.9 Å². The summed E-state index contributed by atoms with van der Waals surface area (Å²) in [6.45, 7) is 6.29. The lowest BCUT2D eigenvalue weighted by molar-refractivity contribution is 0.0850. The number of rotatable bonds is 7. The summed E-state index contributed by atoms with van der Waals surface area (Å²) in [7, 11) is 0. The van der Waals surface area contributed by atoms with Crippen molar-refractivity contribution in [2.75, 3.05) is 13.1 Å². The highest BCUT2D eigenvalue weighted by Gasteiger charge is 2.28. The molecule has 1 aliphatic heterocycles. The Balaban J connectivity index is 1.31. The Morgan fingerprint density at radius 1 is 1.17 bits per heavy atom. The van der Waals surface area contributed by atoms with Crippen LogP contribution in [0, 0.1) is 17.2 Å². The second kappa shape index (κ2) is 9.27. The molecule has 0 spiro atoms. The zero-order valence-electron chi connectivity index (χ0n) is 17.3. The molecule has 0 aromatic carbocycles. The molecule has 6 heteroatoms. The number of aliphatic hydroxyl groups excluding tert-OH is 1. The summed E-state index contributed by atoms with van der Waals surface area (Å²) in [4.78, 5) is 11.2. The number of aliphatic hydroxyl groups is 1. The van der Waals surface area contributed by atoms with Gasteiger partial charge in [0, 0.05) is 31.7 Å². The monoisotopic (exact) mass is 404 g/mol. The van der Waals surface area contributed by atoms with Crippen LogP contribution in [-0.2, 0) is 13.2 Å². The summed E-state index contributed by atoms with van der Waals surface area (Å²) in [6.07, 6.45) is 9.65. The second-order valence-corrected chi connectivity index (χ2v) is 8.37. The number of aromatic nitrogens is 2. The van der Waals surface area contributed by atoms with Crippen LogP contribution in [0.4, 0.5) is 0 Å². The molecule has 3 heterocycles. The number of hydrogen-bond acceptors (Lipinski definition) is 6. The third-order valence-electron chi connectivity index (χ3n) is 6.16. The molecule has 30 heavy (non-hydrogen) atoms. The minimum absolute atomic E-state index is 0.183. The standard InChI is InChI=1S/C24H28N4O2/c1-17(29)20-13-28(14-20)15-21-7-8-23(11-26-21)30-16-22-9-19(10-25)24(12-27-22)18-5-3-2-4-6-18/h7-9,11-12,18,20,29H,1-6,13-16H2. The first-order chi connectivity index (χ1) is 14.6. The molecule has 2 aromatic rings. The third kappa shape index (κ3) is 4.80. The van der Waals surface area contributed by atoms with Crippen molar-refractivity contribution >= 4 is 0 Å². The summed E-state index contributed by atoms with van der Waals surface area (Å²) in [5.74, 6) is 1.59. The van der Waals surface area contributed by atoms with Crippen LogP contribution in [0.5, 0.6) is 5.75 Å². The first-order valence-electron chi connectivity index (χ1n) is 10.7. The molecule has 2 aromatic heterocycles. The highest BCUT2D eigenvalue weighted by molar-refractivity contribution is 5.39. The van der Waals surface area contributed by atoms with Gasteiger partial charge in [-0.05, 0) is 42.5 Å². The van der Waals surface area contributed by atoms with Crippen molar-refractivity contribution < 1.29 is 9.84 Å². The van der Waals surface area contributed by atoms with E-state index in [1.807, 2.05) is 24.4 Å². The van der Waals surface area contributed by atoms with Gasteiger partial charge in [-0.25, -0.2) is 0 Å². The maximum atomic E-state index is 9.58. The van der Waals surface area contributed by atoms with Gasteiger partial charge in [0.1, 0.15) is 12.4 Å². The number of hydrogen-bond donors (Lipinski definition) is 1. The van der Waals surface area contributed by atoms with Gasteiger partial charge in [0.25, 0.3) is 0 Å². The molecule has 4 rings (SSSR count). The van der Waals surface area contributed by atoms with Crippen molar-refractivity contribution in [1.29, 1.82) is 5.26 Å². The zero-order chi connectivity index (χ0) is 20.9. The lowest BCUT2D eigenvalue weighted by atomic mass is 9.83. The molecule has 2 fully saturated rings. The molecule has 1 saturated carbocycles. The van der Waals surface area contributed by atoms with E-state index in [-0.39, 0.29) is 11.7 Å². The summed E-state index contributed by atoms with van der Waals surface area (Å²) in [5, 5.41) is 19.0. The van der Waals surface area contributed by atoms with Crippen molar-refractivity contribution in [2.24, 2.45) is 5.92 Å². The van der Waals surface area contributed by atoms with E-state index in [2.05, 4.69) is 27.5 Å². The molecular weight excluding hydrogens is 376 g/mol. The van der Waals surface area contributed by atoms with Crippen molar-refractivity contribution in [1.82, 2.24) is 14.9 Å². The average Bonchev–Trinajstić information content (AvgIpc) is 2.75. The highest BCUT2D eigenvalue weighted by atomic mass is 16.5. The summed E-state index contributed by atoms with van der Waals surface area (Å²) < 4.78 is 5.83. The number of ether oxygens (including phenoxy) is 1. The van der Waals surface area contributed by atoms with E-state index in [9.17, 15) is 10.4 Å². The van der Waals surface area contributed by atoms with Crippen LogP contribution >= 0.6 is 0 Å². The molecule has 6 nitrogen and oxygen atoms in total. The van der Waals surface area contributed by atoms with Crippen molar-refractivity contribution in [3.8, 4) is 11.8 Å². The number of pyridine rings is 2. The molecular formula is C24H28N4O2. The van der Waals surface area contributed by atoms with Gasteiger partial charge in [0.05, 0.1) is 35.0 Å². The fourth-order valence-corrected chi connectivity index (χ4v) is 4.31. The molecule has 0 bridgehead atoms. The topological polar surface area (TPSA) is 82.3 Å². The van der Waals surface area contributed by atoms with Crippen LogP contribution in [-0.4, -0.2) is 33.1 Å². The van der Waals surface area contributed by atoms with Crippen molar-refractivity contribution in [3.63, 3.8) is 0 Å². The largest absolute Gasteiger partial charge is 0.513 e. The predicted octanol–water partition coefficient (Wildman–Crippen LogP) is 4.48. The van der Waals surface area contributed by atoms with E-state index in [1.54, 1.807) is 6.20 Å². The number of likely N-dealkylation sites (tertiary alicyclic amines) is 1. The lowest BCUT2D eigenvalue weighted by Crippen LogP contribution is -2.46. The number of nitrogens with zero attached hydrogens (tertiary/aromatic N) is 4. The van der Waals surface area contributed by atoms with Gasteiger partial charge < -0.3 is 9.84 Å². The number of nitriles is 1. The maximum Gasteiger partial charge on any atom is 0.138 e. The predicted molar refractivity (Wildman–Crippen MR) is 114 cm³/mol. The smallest absolute Gasteiger partial charge is 0.138 e. The molecule has 1 saturated heterocycles. The van der Waals surface area contributed by atoms with Crippen LogP contribution < -0.4 is 4.74 Å². The van der Waals surface area contributed by atoms with E-state index in [4.69, 9.17) is 4.74 Å². The van der Waals surface area contributed by atoms with E-state index in [0.717, 1.165) is 55.0 Å². The quantitative estimate of drug-likeness (QED) is 0.685. The summed E-state index contributed by atoms with van der Waals surface area (Å²) in [5.41, 5.74) is 3.53. The molecule has 0 unspecified atom stereocenters. The van der Waals surface area contributed by atoms with E-state index < -0.39 is 0 Å². The molecule has 2 aliphatic rings. The van der Waals surface area contributed by atoms with Gasteiger partial charge in [-0.2, -0.15) is 5.26 Å². The molecule has 156 valence electrons. The van der Waals surface area contributed by atoms with Gasteiger partial charge >= 0.3 is 0 Å². The SMILES string of the molecule is C=C(O)C1CN(Cc2ccc(OCc3cc(C#N)c(C4CCCCC4)cn3)cn2)C1. The third-order valence-corrected chi connectivity index (χ3v) is 6.16. The van der Waals surface area contributed by atoms with E-state index in [0.29, 0.717) is 18.3 Å². The Morgan fingerprint density at radius 2 is 1.93 bits per heavy atom. The van der Waals surface area contributed by atoms with Crippen LogP contribution in [0.25, 0.3) is 0 Å². The van der Waals surface area contributed by atoms with Gasteiger partial charge in [0.15, 0.2) is 0 Å². The Morgan fingerprint density at radius 3 is 2.60 bits per heavy atom. The van der Waals surface area contributed by atoms with Crippen molar-refractivity contribution in [2.45, 2.75) is 51.2 Å². The molecule has 0 atom stereocenters. The first-order valence-corrected chi connectivity index (χ1v) is 10.7. The molecule has 1 aliphatic carbocycles. The minimum atomic E-state index is 0.183. The lowest BCUT2D eigenvalue weighted by Gasteiger charge is -2.38. The van der Waals surface area contributed by atoms with E-state index in [1.165, 1.54) is 19.3 Å². The van der Waals surface area contributed by atoms with Crippen LogP contribution in [0.2, 0.25) is 0 Å². The fraction of sp³-hybridized carbons (Fsp3) is 0.458. The highest BCUT2D eigenvalue weighted by Crippen LogP contribution is 2.34. The van der Waals surface area contributed by atoms with Gasteiger partial charge in [-0.1, -0.05) is 25.8 Å². The van der Waals surface area contributed by atoms with Crippen molar-refractivity contribution in [3.05, 3.63) is 65.4 Å².